The summed E-state index contributed by atoms with van der Waals surface area (Å²) < 4.78 is 2.23. The fourth-order valence-electron chi connectivity index (χ4n) is 3.90. The number of nitrogens with zero attached hydrogens (tertiary/aromatic N) is 4. The maximum atomic E-state index is 12.3. The minimum absolute atomic E-state index is 0.364. The first-order valence-electron chi connectivity index (χ1n) is 9.58. The molecule has 1 saturated carbocycles. The number of aromatic nitrogens is 2. The van der Waals surface area contributed by atoms with E-state index in [0.717, 1.165) is 50.5 Å². The van der Waals surface area contributed by atoms with Crippen molar-refractivity contribution in [3.05, 3.63) is 30.6 Å². The number of likely N-dealkylation sites (tertiary alicyclic amines) is 1. The van der Waals surface area contributed by atoms with Crippen molar-refractivity contribution in [2.75, 3.05) is 26.7 Å². The standard InChI is InChI=1S/C20H28N4O/c1-22(12-13-24-15-21-18-4-2-3-5-19(18)24)17-8-9-20(25)23(11-10-17)14-16-6-7-16/h2-5,15-17H,6-14H2,1H3. The number of hydrogen-bond acceptors (Lipinski definition) is 3. The number of amides is 1. The van der Waals surface area contributed by atoms with Crippen molar-refractivity contribution in [2.45, 2.75) is 44.7 Å². The number of hydrogen-bond donors (Lipinski definition) is 0. The molecule has 1 aliphatic carbocycles. The quantitative estimate of drug-likeness (QED) is 0.812. The Bertz CT molecular complexity index is 736. The Balaban J connectivity index is 1.33. The third-order valence-corrected chi connectivity index (χ3v) is 5.80. The summed E-state index contributed by atoms with van der Waals surface area (Å²) in [4.78, 5) is 21.4. The van der Waals surface area contributed by atoms with Gasteiger partial charge in [0.25, 0.3) is 0 Å². The van der Waals surface area contributed by atoms with Crippen LogP contribution in [-0.2, 0) is 11.3 Å². The summed E-state index contributed by atoms with van der Waals surface area (Å²) in [5.41, 5.74) is 2.25. The molecule has 0 spiro atoms. The van der Waals surface area contributed by atoms with Crippen molar-refractivity contribution >= 4 is 16.9 Å². The number of para-hydroxylation sites is 2. The molecular formula is C20H28N4O. The molecule has 1 unspecified atom stereocenters. The largest absolute Gasteiger partial charge is 0.342 e. The lowest BCUT2D eigenvalue weighted by atomic mass is 10.1. The van der Waals surface area contributed by atoms with Gasteiger partial charge in [-0.1, -0.05) is 12.1 Å². The molecule has 1 amide bonds. The average molecular weight is 340 g/mol. The van der Waals surface area contributed by atoms with E-state index in [2.05, 4.69) is 44.6 Å². The van der Waals surface area contributed by atoms with Crippen LogP contribution in [0, 0.1) is 5.92 Å². The third-order valence-electron chi connectivity index (χ3n) is 5.80. The molecule has 1 aromatic heterocycles. The number of rotatable bonds is 6. The number of imidazole rings is 1. The zero-order valence-electron chi connectivity index (χ0n) is 15.1. The molecule has 0 radical (unpaired) electrons. The van der Waals surface area contributed by atoms with Crippen LogP contribution in [-0.4, -0.2) is 58.0 Å². The highest BCUT2D eigenvalue weighted by Gasteiger charge is 2.30. The van der Waals surface area contributed by atoms with Gasteiger partial charge in [-0.15, -0.1) is 0 Å². The first-order valence-corrected chi connectivity index (χ1v) is 9.58. The van der Waals surface area contributed by atoms with Crippen molar-refractivity contribution < 1.29 is 4.79 Å². The van der Waals surface area contributed by atoms with Crippen LogP contribution in [0.5, 0.6) is 0 Å². The van der Waals surface area contributed by atoms with Crippen molar-refractivity contribution in [1.29, 1.82) is 0 Å². The molecule has 2 fully saturated rings. The van der Waals surface area contributed by atoms with Crippen molar-refractivity contribution in [3.8, 4) is 0 Å². The molecule has 0 bridgehead atoms. The van der Waals surface area contributed by atoms with Gasteiger partial charge in [-0.3, -0.25) is 4.79 Å². The van der Waals surface area contributed by atoms with Crippen LogP contribution in [0.1, 0.15) is 32.1 Å². The Morgan fingerprint density at radius 1 is 1.20 bits per heavy atom. The van der Waals surface area contributed by atoms with Gasteiger partial charge in [0.15, 0.2) is 0 Å². The van der Waals surface area contributed by atoms with E-state index in [9.17, 15) is 4.79 Å². The summed E-state index contributed by atoms with van der Waals surface area (Å²) in [7, 11) is 2.20. The monoisotopic (exact) mass is 340 g/mol. The molecule has 1 atom stereocenters. The maximum Gasteiger partial charge on any atom is 0.222 e. The van der Waals surface area contributed by atoms with Gasteiger partial charge < -0.3 is 14.4 Å². The van der Waals surface area contributed by atoms with Crippen molar-refractivity contribution in [3.63, 3.8) is 0 Å². The molecule has 25 heavy (non-hydrogen) atoms. The van der Waals surface area contributed by atoms with Gasteiger partial charge in [0, 0.05) is 38.6 Å². The van der Waals surface area contributed by atoms with Gasteiger partial charge >= 0.3 is 0 Å². The summed E-state index contributed by atoms with van der Waals surface area (Å²) in [6.07, 6.45) is 7.35. The van der Waals surface area contributed by atoms with Crippen LogP contribution in [0.4, 0.5) is 0 Å². The van der Waals surface area contributed by atoms with Crippen molar-refractivity contribution in [2.24, 2.45) is 5.92 Å². The summed E-state index contributed by atoms with van der Waals surface area (Å²) in [6, 6.07) is 8.78. The van der Waals surface area contributed by atoms with Crippen LogP contribution in [0.15, 0.2) is 30.6 Å². The van der Waals surface area contributed by atoms with E-state index in [1.54, 1.807) is 0 Å². The number of likely N-dealkylation sites (N-methyl/N-ethyl adjacent to an activating group) is 1. The van der Waals surface area contributed by atoms with Gasteiger partial charge in [0.1, 0.15) is 0 Å². The number of carbonyl (C=O) groups excluding carboxylic acids is 1. The van der Waals surface area contributed by atoms with Crippen LogP contribution in [0.25, 0.3) is 11.0 Å². The Kier molecular flexibility index (Phi) is 4.75. The topological polar surface area (TPSA) is 41.4 Å². The molecule has 4 rings (SSSR count). The molecule has 1 saturated heterocycles. The lowest BCUT2D eigenvalue weighted by Gasteiger charge is -2.27. The van der Waals surface area contributed by atoms with Gasteiger partial charge in [-0.2, -0.15) is 0 Å². The van der Waals surface area contributed by atoms with E-state index in [0.29, 0.717) is 18.4 Å². The van der Waals surface area contributed by atoms with E-state index in [1.165, 1.54) is 18.4 Å². The lowest BCUT2D eigenvalue weighted by Crippen LogP contribution is -2.36. The number of fused-ring (bicyclic) bond motifs is 1. The van der Waals surface area contributed by atoms with Crippen LogP contribution in [0.2, 0.25) is 0 Å². The van der Waals surface area contributed by atoms with E-state index in [4.69, 9.17) is 0 Å². The Labute approximate surface area is 149 Å². The smallest absolute Gasteiger partial charge is 0.222 e. The third kappa shape index (κ3) is 3.87. The van der Waals surface area contributed by atoms with Gasteiger partial charge in [-0.25, -0.2) is 4.98 Å². The molecule has 5 heteroatoms. The number of benzene rings is 1. The fraction of sp³-hybridized carbons (Fsp3) is 0.600. The van der Waals surface area contributed by atoms with E-state index < -0.39 is 0 Å². The second kappa shape index (κ2) is 7.16. The van der Waals surface area contributed by atoms with Gasteiger partial charge in [0.2, 0.25) is 5.91 Å². The van der Waals surface area contributed by atoms with Crippen LogP contribution < -0.4 is 0 Å². The first kappa shape index (κ1) is 16.6. The van der Waals surface area contributed by atoms with E-state index >= 15 is 0 Å². The SMILES string of the molecule is CN(CCn1cnc2ccccc21)C1CCC(=O)N(CC2CC2)CC1. The molecule has 5 nitrogen and oxygen atoms in total. The summed E-state index contributed by atoms with van der Waals surface area (Å²) in [5, 5.41) is 0. The zero-order valence-corrected chi connectivity index (χ0v) is 15.1. The molecule has 134 valence electrons. The molecule has 1 aliphatic heterocycles. The van der Waals surface area contributed by atoms with Gasteiger partial charge in [-0.05, 0) is 50.8 Å². The second-order valence-electron chi connectivity index (χ2n) is 7.67. The predicted molar refractivity (Wildman–Crippen MR) is 99.3 cm³/mol. The summed E-state index contributed by atoms with van der Waals surface area (Å²) >= 11 is 0. The van der Waals surface area contributed by atoms with E-state index in [-0.39, 0.29) is 0 Å². The Hall–Kier alpha value is -1.88. The normalized spacial score (nSPS) is 21.9. The Morgan fingerprint density at radius 3 is 2.88 bits per heavy atom. The van der Waals surface area contributed by atoms with E-state index in [1.807, 2.05) is 12.4 Å². The highest BCUT2D eigenvalue weighted by atomic mass is 16.2. The first-order chi connectivity index (χ1) is 12.2. The lowest BCUT2D eigenvalue weighted by molar-refractivity contribution is -0.130. The second-order valence-corrected chi connectivity index (χ2v) is 7.67. The molecule has 2 heterocycles. The zero-order chi connectivity index (χ0) is 17.2. The number of carbonyl (C=O) groups is 1. The van der Waals surface area contributed by atoms with Gasteiger partial charge in [0.05, 0.1) is 17.4 Å². The maximum absolute atomic E-state index is 12.3. The molecule has 2 aromatic rings. The molecule has 1 aromatic carbocycles. The van der Waals surface area contributed by atoms with Crippen LogP contribution in [0.3, 0.4) is 0 Å². The molecule has 0 N–H and O–H groups in total. The highest BCUT2D eigenvalue weighted by Crippen LogP contribution is 2.31. The summed E-state index contributed by atoms with van der Waals surface area (Å²) in [6.45, 7) is 3.85. The molecular weight excluding hydrogens is 312 g/mol. The minimum atomic E-state index is 0.364. The predicted octanol–water partition coefficient (Wildman–Crippen LogP) is 2.76. The minimum Gasteiger partial charge on any atom is -0.342 e. The average Bonchev–Trinajstić information content (AvgIpc) is 3.38. The highest BCUT2D eigenvalue weighted by molar-refractivity contribution is 5.76. The summed E-state index contributed by atoms with van der Waals surface area (Å²) in [5.74, 6) is 1.15. The Morgan fingerprint density at radius 2 is 2.04 bits per heavy atom. The van der Waals surface area contributed by atoms with Crippen LogP contribution >= 0.6 is 0 Å². The fourth-order valence-corrected chi connectivity index (χ4v) is 3.90. The molecule has 2 aliphatic rings. The van der Waals surface area contributed by atoms with Crippen molar-refractivity contribution in [1.82, 2.24) is 19.4 Å².